The van der Waals surface area contributed by atoms with Gasteiger partial charge in [-0.3, -0.25) is 0 Å². The van der Waals surface area contributed by atoms with Crippen LogP contribution in [0.2, 0.25) is 0 Å². The van der Waals surface area contributed by atoms with Crippen LogP contribution in [0.5, 0.6) is 11.5 Å². The molecule has 114 valence electrons. The smallest absolute Gasteiger partial charge is 0.161 e. The summed E-state index contributed by atoms with van der Waals surface area (Å²) < 4.78 is 11.1. The van der Waals surface area contributed by atoms with E-state index in [1.165, 1.54) is 0 Å². The van der Waals surface area contributed by atoms with Crippen molar-refractivity contribution in [3.63, 3.8) is 0 Å². The summed E-state index contributed by atoms with van der Waals surface area (Å²) in [5, 5.41) is 0.979. The van der Waals surface area contributed by atoms with Crippen LogP contribution in [-0.2, 0) is 13.0 Å². The molecule has 1 heterocycles. The summed E-state index contributed by atoms with van der Waals surface area (Å²) in [5.74, 6) is 1.51. The van der Waals surface area contributed by atoms with Crippen molar-refractivity contribution in [3.8, 4) is 22.1 Å². The lowest BCUT2D eigenvalue weighted by atomic mass is 10.2. The van der Waals surface area contributed by atoms with E-state index in [2.05, 4.69) is 18.8 Å². The largest absolute Gasteiger partial charge is 0.493 e. The third-order valence-electron chi connectivity index (χ3n) is 3.17. The van der Waals surface area contributed by atoms with Gasteiger partial charge >= 0.3 is 0 Å². The molecule has 0 spiro atoms. The van der Waals surface area contributed by atoms with Crippen LogP contribution in [0, 0.1) is 0 Å². The molecule has 5 heteroatoms. The highest BCUT2D eigenvalue weighted by molar-refractivity contribution is 7.15. The Bertz CT molecular complexity index is 574. The Morgan fingerprint density at radius 1 is 1.24 bits per heavy atom. The number of thiazole rings is 1. The molecule has 0 fully saturated rings. The Morgan fingerprint density at radius 3 is 2.62 bits per heavy atom. The fourth-order valence-corrected chi connectivity index (χ4v) is 3.10. The Balaban J connectivity index is 2.33. The first-order valence-corrected chi connectivity index (χ1v) is 8.04. The SMILES string of the molecule is CCCOc1ccc(-c2nc(CC)c(CN)s2)cc1OC. The van der Waals surface area contributed by atoms with Crippen LogP contribution in [0.3, 0.4) is 0 Å². The van der Waals surface area contributed by atoms with Crippen molar-refractivity contribution in [3.05, 3.63) is 28.8 Å². The van der Waals surface area contributed by atoms with Crippen LogP contribution in [-0.4, -0.2) is 18.7 Å². The molecule has 0 aliphatic rings. The third-order valence-corrected chi connectivity index (χ3v) is 4.34. The van der Waals surface area contributed by atoms with Crippen molar-refractivity contribution >= 4 is 11.3 Å². The number of nitrogens with two attached hydrogens (primary N) is 1. The monoisotopic (exact) mass is 306 g/mol. The maximum Gasteiger partial charge on any atom is 0.161 e. The number of methoxy groups -OCH3 is 1. The zero-order chi connectivity index (χ0) is 15.2. The second kappa shape index (κ2) is 7.43. The minimum Gasteiger partial charge on any atom is -0.493 e. The topological polar surface area (TPSA) is 57.4 Å². The van der Waals surface area contributed by atoms with E-state index in [9.17, 15) is 0 Å². The van der Waals surface area contributed by atoms with Gasteiger partial charge in [0.15, 0.2) is 11.5 Å². The molecule has 1 aromatic carbocycles. The normalized spacial score (nSPS) is 10.7. The maximum absolute atomic E-state index is 5.78. The average Bonchev–Trinajstić information content (AvgIpc) is 2.96. The molecule has 1 aromatic heterocycles. The molecule has 0 aliphatic carbocycles. The van der Waals surface area contributed by atoms with E-state index in [1.54, 1.807) is 18.4 Å². The lowest BCUT2D eigenvalue weighted by molar-refractivity contribution is 0.294. The van der Waals surface area contributed by atoms with Crippen LogP contribution < -0.4 is 15.2 Å². The summed E-state index contributed by atoms with van der Waals surface area (Å²) in [7, 11) is 1.66. The van der Waals surface area contributed by atoms with Gasteiger partial charge in [0.1, 0.15) is 5.01 Å². The van der Waals surface area contributed by atoms with Crippen molar-refractivity contribution in [2.24, 2.45) is 5.73 Å². The van der Waals surface area contributed by atoms with E-state index in [-0.39, 0.29) is 0 Å². The van der Waals surface area contributed by atoms with E-state index < -0.39 is 0 Å². The summed E-state index contributed by atoms with van der Waals surface area (Å²) >= 11 is 1.65. The lowest BCUT2D eigenvalue weighted by Crippen LogP contribution is -1.97. The van der Waals surface area contributed by atoms with Gasteiger partial charge in [0.05, 0.1) is 19.4 Å². The molecule has 0 aliphatic heterocycles. The van der Waals surface area contributed by atoms with Gasteiger partial charge in [-0.2, -0.15) is 0 Å². The molecule has 0 bridgehead atoms. The van der Waals surface area contributed by atoms with E-state index >= 15 is 0 Å². The van der Waals surface area contributed by atoms with Gasteiger partial charge in [-0.15, -0.1) is 11.3 Å². The van der Waals surface area contributed by atoms with Crippen molar-refractivity contribution in [1.82, 2.24) is 4.98 Å². The first-order chi connectivity index (χ1) is 10.2. The zero-order valence-electron chi connectivity index (χ0n) is 12.8. The Kier molecular flexibility index (Phi) is 5.59. The van der Waals surface area contributed by atoms with Gasteiger partial charge in [-0.05, 0) is 31.0 Å². The van der Waals surface area contributed by atoms with Gasteiger partial charge in [0, 0.05) is 17.0 Å². The van der Waals surface area contributed by atoms with E-state index in [1.807, 2.05) is 18.2 Å². The molecule has 0 unspecified atom stereocenters. The van der Waals surface area contributed by atoms with Crippen LogP contribution in [0.1, 0.15) is 30.8 Å². The van der Waals surface area contributed by atoms with Crippen LogP contribution in [0.25, 0.3) is 10.6 Å². The highest BCUT2D eigenvalue weighted by Crippen LogP contribution is 2.35. The number of nitrogens with zero attached hydrogens (tertiary/aromatic N) is 1. The second-order valence-corrected chi connectivity index (χ2v) is 5.74. The van der Waals surface area contributed by atoms with E-state index in [4.69, 9.17) is 15.2 Å². The molecular weight excluding hydrogens is 284 g/mol. The molecule has 0 radical (unpaired) electrons. The highest BCUT2D eigenvalue weighted by atomic mass is 32.1. The van der Waals surface area contributed by atoms with Crippen molar-refractivity contribution in [2.45, 2.75) is 33.2 Å². The second-order valence-electron chi connectivity index (χ2n) is 4.66. The van der Waals surface area contributed by atoms with Crippen LogP contribution in [0.15, 0.2) is 18.2 Å². The summed E-state index contributed by atoms with van der Waals surface area (Å²) in [4.78, 5) is 5.83. The maximum atomic E-state index is 5.78. The molecule has 0 saturated carbocycles. The Morgan fingerprint density at radius 2 is 2.05 bits per heavy atom. The Labute approximate surface area is 129 Å². The van der Waals surface area contributed by atoms with Gasteiger partial charge < -0.3 is 15.2 Å². The molecule has 2 aromatic rings. The number of hydrogen-bond donors (Lipinski definition) is 1. The number of benzene rings is 1. The highest BCUT2D eigenvalue weighted by Gasteiger charge is 2.13. The standard InChI is InChI=1S/C16H22N2O2S/c1-4-8-20-13-7-6-11(9-14(13)19-3)16-18-12(5-2)15(10-17)21-16/h6-7,9H,4-5,8,10,17H2,1-3H3. The minimum atomic E-state index is 0.537. The fraction of sp³-hybridized carbons (Fsp3) is 0.438. The zero-order valence-corrected chi connectivity index (χ0v) is 13.6. The molecule has 21 heavy (non-hydrogen) atoms. The molecule has 0 saturated heterocycles. The summed E-state index contributed by atoms with van der Waals surface area (Å²) in [5.41, 5.74) is 7.90. The van der Waals surface area contributed by atoms with E-state index in [0.717, 1.165) is 45.5 Å². The minimum absolute atomic E-state index is 0.537. The summed E-state index contributed by atoms with van der Waals surface area (Å²) in [6.07, 6.45) is 1.87. The summed E-state index contributed by atoms with van der Waals surface area (Å²) in [6.45, 7) is 5.40. The summed E-state index contributed by atoms with van der Waals surface area (Å²) in [6, 6.07) is 5.94. The first kappa shape index (κ1) is 15.8. The number of hydrogen-bond acceptors (Lipinski definition) is 5. The number of aromatic nitrogens is 1. The third kappa shape index (κ3) is 3.54. The quantitative estimate of drug-likeness (QED) is 0.848. The fourth-order valence-electron chi connectivity index (χ4n) is 2.07. The number of ether oxygens (including phenoxy) is 2. The number of aryl methyl sites for hydroxylation is 1. The Hall–Kier alpha value is -1.59. The van der Waals surface area contributed by atoms with Gasteiger partial charge in [0.2, 0.25) is 0 Å². The van der Waals surface area contributed by atoms with Crippen molar-refractivity contribution in [1.29, 1.82) is 0 Å². The van der Waals surface area contributed by atoms with Crippen molar-refractivity contribution < 1.29 is 9.47 Å². The predicted molar refractivity (Wildman–Crippen MR) is 87.2 cm³/mol. The van der Waals surface area contributed by atoms with Gasteiger partial charge in [-0.1, -0.05) is 13.8 Å². The van der Waals surface area contributed by atoms with Crippen LogP contribution in [0.4, 0.5) is 0 Å². The van der Waals surface area contributed by atoms with E-state index in [0.29, 0.717) is 13.2 Å². The molecule has 4 nitrogen and oxygen atoms in total. The molecule has 2 rings (SSSR count). The average molecular weight is 306 g/mol. The molecule has 0 atom stereocenters. The van der Waals surface area contributed by atoms with Crippen molar-refractivity contribution in [2.75, 3.05) is 13.7 Å². The van der Waals surface area contributed by atoms with Gasteiger partial charge in [-0.25, -0.2) is 4.98 Å². The van der Waals surface area contributed by atoms with Gasteiger partial charge in [0.25, 0.3) is 0 Å². The number of rotatable bonds is 7. The first-order valence-electron chi connectivity index (χ1n) is 7.23. The molecule has 2 N–H and O–H groups in total. The van der Waals surface area contributed by atoms with Crippen LogP contribution >= 0.6 is 11.3 Å². The molecule has 0 amide bonds. The predicted octanol–water partition coefficient (Wildman–Crippen LogP) is 3.63. The lowest BCUT2D eigenvalue weighted by Gasteiger charge is -2.10. The molecular formula is C16H22N2O2S.